The molecular weight excluding hydrogens is 280 g/mol. The topological polar surface area (TPSA) is 6.48 Å². The Morgan fingerprint density at radius 3 is 2.04 bits per heavy atom. The largest absolute Gasteiger partial charge is 0.363 e. The Morgan fingerprint density at radius 2 is 1.39 bits per heavy atom. The van der Waals surface area contributed by atoms with Crippen LogP contribution in [-0.2, 0) is 6.42 Å². The first-order valence-electron chi connectivity index (χ1n) is 9.00. The average Bonchev–Trinajstić information content (AvgIpc) is 2.87. The second-order valence-electron chi connectivity index (χ2n) is 6.98. The van der Waals surface area contributed by atoms with Gasteiger partial charge in [-0.05, 0) is 49.9 Å². The summed E-state index contributed by atoms with van der Waals surface area (Å²) in [6.45, 7) is 3.71. The molecule has 2 aromatic rings. The van der Waals surface area contributed by atoms with Crippen molar-refractivity contribution >= 4 is 5.69 Å². The molecule has 2 nitrogen and oxygen atoms in total. The van der Waals surface area contributed by atoms with Crippen molar-refractivity contribution in [2.45, 2.75) is 37.8 Å². The Balaban J connectivity index is 1.33. The van der Waals surface area contributed by atoms with Crippen molar-refractivity contribution in [3.05, 3.63) is 66.2 Å². The molecular formula is C21H26N2. The number of para-hydroxylation sites is 1. The van der Waals surface area contributed by atoms with Crippen LogP contribution in [0.1, 0.15) is 24.8 Å². The molecule has 2 unspecified atom stereocenters. The lowest BCUT2D eigenvalue weighted by Gasteiger charge is -2.42. The van der Waals surface area contributed by atoms with Crippen LogP contribution in [0.15, 0.2) is 60.7 Å². The van der Waals surface area contributed by atoms with Crippen LogP contribution >= 0.6 is 0 Å². The van der Waals surface area contributed by atoms with Crippen molar-refractivity contribution in [3.8, 4) is 0 Å². The van der Waals surface area contributed by atoms with Crippen molar-refractivity contribution in [2.24, 2.45) is 0 Å². The molecule has 0 aliphatic carbocycles. The third-order valence-electron chi connectivity index (χ3n) is 5.39. The summed E-state index contributed by atoms with van der Waals surface area (Å²) in [6, 6.07) is 23.3. The Morgan fingerprint density at radius 1 is 0.783 bits per heavy atom. The molecule has 2 bridgehead atoms. The highest BCUT2D eigenvalue weighted by Crippen LogP contribution is 2.34. The van der Waals surface area contributed by atoms with Gasteiger partial charge < -0.3 is 4.90 Å². The summed E-state index contributed by atoms with van der Waals surface area (Å²) >= 11 is 0. The lowest BCUT2D eigenvalue weighted by Crippen LogP contribution is -2.54. The molecule has 2 heteroatoms. The molecule has 0 spiro atoms. The zero-order valence-corrected chi connectivity index (χ0v) is 13.8. The van der Waals surface area contributed by atoms with E-state index in [2.05, 4.69) is 70.5 Å². The predicted molar refractivity (Wildman–Crippen MR) is 96.9 cm³/mol. The third kappa shape index (κ3) is 3.28. The van der Waals surface area contributed by atoms with Gasteiger partial charge >= 0.3 is 0 Å². The standard InChI is InChI=1S/C21H26N2/c1-3-8-18(9-4-1)10-7-15-22-16-20-13-14-21(17-22)23(20)19-11-5-2-6-12-19/h1-6,8-9,11-12,20-21H,7,10,13-17H2. The number of benzene rings is 2. The average molecular weight is 306 g/mol. The van der Waals surface area contributed by atoms with Crippen LogP contribution in [0.4, 0.5) is 5.69 Å². The monoisotopic (exact) mass is 306 g/mol. The lowest BCUT2D eigenvalue weighted by atomic mass is 10.1. The number of anilines is 1. The van der Waals surface area contributed by atoms with Crippen LogP contribution in [0.3, 0.4) is 0 Å². The van der Waals surface area contributed by atoms with Crippen molar-refractivity contribution in [3.63, 3.8) is 0 Å². The molecule has 0 N–H and O–H groups in total. The Kier molecular flexibility index (Phi) is 4.34. The number of hydrogen-bond donors (Lipinski definition) is 0. The minimum absolute atomic E-state index is 0.716. The molecule has 4 rings (SSSR count). The Hall–Kier alpha value is -1.80. The van der Waals surface area contributed by atoms with Gasteiger partial charge in [-0.3, -0.25) is 4.90 Å². The van der Waals surface area contributed by atoms with E-state index in [1.807, 2.05) is 0 Å². The Labute approximate surface area is 139 Å². The molecule has 2 aromatic carbocycles. The first-order valence-corrected chi connectivity index (χ1v) is 9.00. The first-order chi connectivity index (χ1) is 11.4. The molecule has 2 fully saturated rings. The van der Waals surface area contributed by atoms with Gasteiger partial charge in [0.1, 0.15) is 0 Å². The van der Waals surface area contributed by atoms with Crippen LogP contribution in [0.2, 0.25) is 0 Å². The lowest BCUT2D eigenvalue weighted by molar-refractivity contribution is 0.217. The van der Waals surface area contributed by atoms with E-state index in [1.165, 1.54) is 56.6 Å². The minimum Gasteiger partial charge on any atom is -0.363 e. The van der Waals surface area contributed by atoms with E-state index in [0.717, 1.165) is 0 Å². The molecule has 0 saturated carbocycles. The molecule has 2 heterocycles. The van der Waals surface area contributed by atoms with Gasteiger partial charge in [0, 0.05) is 30.9 Å². The molecule has 120 valence electrons. The van der Waals surface area contributed by atoms with Crippen LogP contribution in [0, 0.1) is 0 Å². The summed E-state index contributed by atoms with van der Waals surface area (Å²) in [7, 11) is 0. The summed E-state index contributed by atoms with van der Waals surface area (Å²) in [6.07, 6.45) is 5.19. The fourth-order valence-electron chi connectivity index (χ4n) is 4.35. The van der Waals surface area contributed by atoms with Gasteiger partial charge in [-0.2, -0.15) is 0 Å². The smallest absolute Gasteiger partial charge is 0.0421 e. The van der Waals surface area contributed by atoms with E-state index in [0.29, 0.717) is 12.1 Å². The zero-order chi connectivity index (χ0) is 15.5. The van der Waals surface area contributed by atoms with Crippen LogP contribution in [-0.4, -0.2) is 36.6 Å². The number of fused-ring (bicyclic) bond motifs is 2. The van der Waals surface area contributed by atoms with E-state index in [1.54, 1.807) is 0 Å². The zero-order valence-electron chi connectivity index (χ0n) is 13.8. The molecule has 2 saturated heterocycles. The molecule has 0 amide bonds. The van der Waals surface area contributed by atoms with E-state index >= 15 is 0 Å². The summed E-state index contributed by atoms with van der Waals surface area (Å²) in [5.74, 6) is 0. The highest BCUT2D eigenvalue weighted by atomic mass is 15.3. The molecule has 2 aliphatic rings. The van der Waals surface area contributed by atoms with Crippen molar-refractivity contribution < 1.29 is 0 Å². The number of likely N-dealkylation sites (tertiary alicyclic amines) is 1. The summed E-state index contributed by atoms with van der Waals surface area (Å²) in [5, 5.41) is 0. The molecule has 0 radical (unpaired) electrons. The van der Waals surface area contributed by atoms with Gasteiger partial charge in [-0.15, -0.1) is 0 Å². The maximum Gasteiger partial charge on any atom is 0.0421 e. The second-order valence-corrected chi connectivity index (χ2v) is 6.98. The summed E-state index contributed by atoms with van der Waals surface area (Å²) < 4.78 is 0. The van der Waals surface area contributed by atoms with Crippen LogP contribution in [0.5, 0.6) is 0 Å². The number of hydrogen-bond acceptors (Lipinski definition) is 2. The van der Waals surface area contributed by atoms with Gasteiger partial charge in [0.05, 0.1) is 0 Å². The maximum atomic E-state index is 2.70. The van der Waals surface area contributed by atoms with Gasteiger partial charge in [0.2, 0.25) is 0 Å². The van der Waals surface area contributed by atoms with Gasteiger partial charge in [0.25, 0.3) is 0 Å². The van der Waals surface area contributed by atoms with Gasteiger partial charge in [0.15, 0.2) is 0 Å². The molecule has 2 atom stereocenters. The normalized spacial score (nSPS) is 24.1. The summed E-state index contributed by atoms with van der Waals surface area (Å²) in [4.78, 5) is 5.39. The van der Waals surface area contributed by atoms with E-state index < -0.39 is 0 Å². The SMILES string of the molecule is c1ccc(CCCN2CC3CCC(C2)N3c2ccccc2)cc1. The van der Waals surface area contributed by atoms with Crippen LogP contribution < -0.4 is 4.90 Å². The number of piperazine rings is 1. The molecule has 2 aliphatic heterocycles. The second kappa shape index (κ2) is 6.76. The van der Waals surface area contributed by atoms with E-state index in [-0.39, 0.29) is 0 Å². The number of aryl methyl sites for hydroxylation is 1. The Bertz CT molecular complexity index is 596. The number of rotatable bonds is 5. The fraction of sp³-hybridized carbons (Fsp3) is 0.429. The molecule has 0 aromatic heterocycles. The summed E-state index contributed by atoms with van der Waals surface area (Å²) in [5.41, 5.74) is 2.89. The van der Waals surface area contributed by atoms with Crippen LogP contribution in [0.25, 0.3) is 0 Å². The van der Waals surface area contributed by atoms with E-state index in [4.69, 9.17) is 0 Å². The van der Waals surface area contributed by atoms with Crippen molar-refractivity contribution in [1.82, 2.24) is 4.90 Å². The van der Waals surface area contributed by atoms with E-state index in [9.17, 15) is 0 Å². The molecule has 23 heavy (non-hydrogen) atoms. The van der Waals surface area contributed by atoms with Crippen molar-refractivity contribution in [2.75, 3.05) is 24.5 Å². The fourth-order valence-corrected chi connectivity index (χ4v) is 4.35. The first kappa shape index (κ1) is 14.8. The highest BCUT2D eigenvalue weighted by Gasteiger charge is 2.39. The number of nitrogens with zero attached hydrogens (tertiary/aromatic N) is 2. The predicted octanol–water partition coefficient (Wildman–Crippen LogP) is 3.97. The highest BCUT2D eigenvalue weighted by molar-refractivity contribution is 5.50. The van der Waals surface area contributed by atoms with Gasteiger partial charge in [-0.1, -0.05) is 48.5 Å². The van der Waals surface area contributed by atoms with Gasteiger partial charge in [-0.25, -0.2) is 0 Å². The van der Waals surface area contributed by atoms with Crippen molar-refractivity contribution in [1.29, 1.82) is 0 Å². The minimum atomic E-state index is 0.716. The quantitative estimate of drug-likeness (QED) is 0.824. The maximum absolute atomic E-state index is 2.70. The third-order valence-corrected chi connectivity index (χ3v) is 5.39.